The zero-order chi connectivity index (χ0) is 24.6. The molecule has 0 N–H and O–H groups in total. The molecule has 2 aromatic carbocycles. The molecule has 8 heteroatoms. The highest BCUT2D eigenvalue weighted by atomic mass is 16.5. The lowest BCUT2D eigenvalue weighted by Crippen LogP contribution is -2.48. The summed E-state index contributed by atoms with van der Waals surface area (Å²) in [6, 6.07) is 16.1. The monoisotopic (exact) mass is 480 g/mol. The molecule has 0 unspecified atom stereocenters. The van der Waals surface area contributed by atoms with Gasteiger partial charge in [0.2, 0.25) is 0 Å². The number of nitrogens with zero attached hydrogens (tertiary/aromatic N) is 4. The maximum atomic E-state index is 5.68. The van der Waals surface area contributed by atoms with Gasteiger partial charge in [0.05, 0.1) is 27.9 Å². The summed E-state index contributed by atoms with van der Waals surface area (Å²) in [5.74, 6) is 3.08. The molecule has 1 aliphatic heterocycles. The molecule has 1 fully saturated rings. The number of benzene rings is 2. The van der Waals surface area contributed by atoms with E-state index in [1.807, 2.05) is 36.4 Å². The van der Waals surface area contributed by atoms with Crippen LogP contribution in [0.3, 0.4) is 0 Å². The number of methoxy groups -OCH3 is 3. The Kier molecular flexibility index (Phi) is 8.50. The van der Waals surface area contributed by atoms with E-state index in [9.17, 15) is 0 Å². The number of aromatic nitrogens is 1. The molecule has 0 atom stereocenters. The molecule has 188 valence electrons. The van der Waals surface area contributed by atoms with Crippen LogP contribution in [-0.4, -0.2) is 82.1 Å². The zero-order valence-electron chi connectivity index (χ0n) is 21.2. The Balaban J connectivity index is 1.28. The highest BCUT2D eigenvalue weighted by Crippen LogP contribution is 2.37. The van der Waals surface area contributed by atoms with Crippen molar-refractivity contribution in [2.45, 2.75) is 13.5 Å². The SMILES string of the molecule is CCN(CCN1CCN(c2ccc(OC)cc2)CC1)Cc1cc(-c2cccc(OC)c2OC)no1. The topological polar surface area (TPSA) is 63.4 Å². The predicted octanol–water partition coefficient (Wildman–Crippen LogP) is 4.01. The third-order valence-corrected chi connectivity index (χ3v) is 6.61. The number of hydrogen-bond acceptors (Lipinski definition) is 8. The molecule has 0 bridgehead atoms. The van der Waals surface area contributed by atoms with E-state index >= 15 is 0 Å². The second-order valence-corrected chi connectivity index (χ2v) is 8.62. The van der Waals surface area contributed by atoms with E-state index in [0.29, 0.717) is 11.5 Å². The van der Waals surface area contributed by atoms with E-state index in [0.717, 1.165) is 75.1 Å². The van der Waals surface area contributed by atoms with Crippen molar-refractivity contribution in [3.63, 3.8) is 0 Å². The van der Waals surface area contributed by atoms with Crippen LogP contribution in [0.4, 0.5) is 5.69 Å². The number of piperazine rings is 1. The number of likely N-dealkylation sites (N-methyl/N-ethyl adjacent to an activating group) is 1. The lowest BCUT2D eigenvalue weighted by Gasteiger charge is -2.37. The number of rotatable bonds is 11. The highest BCUT2D eigenvalue weighted by molar-refractivity contribution is 5.71. The van der Waals surface area contributed by atoms with Gasteiger partial charge in [0.1, 0.15) is 11.4 Å². The minimum absolute atomic E-state index is 0.663. The lowest BCUT2D eigenvalue weighted by atomic mass is 10.1. The molecule has 0 spiro atoms. The Labute approximate surface area is 208 Å². The third-order valence-electron chi connectivity index (χ3n) is 6.61. The predicted molar refractivity (Wildman–Crippen MR) is 138 cm³/mol. The van der Waals surface area contributed by atoms with Crippen LogP contribution in [-0.2, 0) is 6.54 Å². The van der Waals surface area contributed by atoms with Crippen molar-refractivity contribution in [3.8, 4) is 28.5 Å². The molecular weight excluding hydrogens is 444 g/mol. The van der Waals surface area contributed by atoms with Crippen LogP contribution in [0.15, 0.2) is 53.1 Å². The highest BCUT2D eigenvalue weighted by Gasteiger charge is 2.19. The summed E-state index contributed by atoms with van der Waals surface area (Å²) in [6.45, 7) is 10.1. The molecule has 0 radical (unpaired) electrons. The van der Waals surface area contributed by atoms with Crippen molar-refractivity contribution in [1.29, 1.82) is 0 Å². The van der Waals surface area contributed by atoms with Crippen LogP contribution in [0.5, 0.6) is 17.2 Å². The van der Waals surface area contributed by atoms with Crippen molar-refractivity contribution in [2.24, 2.45) is 0 Å². The average molecular weight is 481 g/mol. The zero-order valence-corrected chi connectivity index (χ0v) is 21.2. The Morgan fingerprint density at radius 2 is 1.71 bits per heavy atom. The molecule has 1 saturated heterocycles. The Hall–Kier alpha value is -3.23. The Bertz CT molecular complexity index is 1060. The number of anilines is 1. The molecule has 35 heavy (non-hydrogen) atoms. The standard InChI is InChI=1S/C27H36N4O4/c1-5-29(13-14-30-15-17-31(18-16-30)21-9-11-22(32-2)12-10-21)20-23-19-25(28-35-23)24-7-6-8-26(33-3)27(24)34-4/h6-12,19H,5,13-18,20H2,1-4H3. The summed E-state index contributed by atoms with van der Waals surface area (Å²) in [6.07, 6.45) is 0. The first-order chi connectivity index (χ1) is 17.1. The van der Waals surface area contributed by atoms with Crippen LogP contribution < -0.4 is 19.1 Å². The molecular formula is C27H36N4O4. The van der Waals surface area contributed by atoms with Gasteiger partial charge in [0.15, 0.2) is 17.3 Å². The molecule has 1 aromatic heterocycles. The normalized spacial score (nSPS) is 14.4. The van der Waals surface area contributed by atoms with Gasteiger partial charge in [-0.25, -0.2) is 0 Å². The fourth-order valence-corrected chi connectivity index (χ4v) is 4.48. The molecule has 2 heterocycles. The van der Waals surface area contributed by atoms with Gasteiger partial charge in [-0.2, -0.15) is 0 Å². The minimum atomic E-state index is 0.663. The molecule has 0 saturated carbocycles. The third kappa shape index (κ3) is 6.07. The molecule has 1 aliphatic rings. The van der Waals surface area contributed by atoms with Gasteiger partial charge in [-0.3, -0.25) is 9.80 Å². The molecule has 0 aliphatic carbocycles. The van der Waals surface area contributed by atoms with Gasteiger partial charge in [-0.15, -0.1) is 0 Å². The van der Waals surface area contributed by atoms with Gasteiger partial charge < -0.3 is 23.6 Å². The van der Waals surface area contributed by atoms with E-state index in [-0.39, 0.29) is 0 Å². The lowest BCUT2D eigenvalue weighted by molar-refractivity contribution is 0.185. The summed E-state index contributed by atoms with van der Waals surface area (Å²) < 4.78 is 21.9. The van der Waals surface area contributed by atoms with Crippen molar-refractivity contribution in [1.82, 2.24) is 15.0 Å². The second-order valence-electron chi connectivity index (χ2n) is 8.62. The molecule has 8 nitrogen and oxygen atoms in total. The van der Waals surface area contributed by atoms with E-state index in [1.165, 1.54) is 5.69 Å². The number of hydrogen-bond donors (Lipinski definition) is 0. The summed E-state index contributed by atoms with van der Waals surface area (Å²) in [4.78, 5) is 7.37. The Morgan fingerprint density at radius 3 is 2.37 bits per heavy atom. The van der Waals surface area contributed by atoms with E-state index in [2.05, 4.69) is 38.9 Å². The summed E-state index contributed by atoms with van der Waals surface area (Å²) in [5, 5.41) is 4.29. The van der Waals surface area contributed by atoms with Crippen molar-refractivity contribution in [3.05, 3.63) is 54.3 Å². The average Bonchev–Trinajstić information content (AvgIpc) is 3.39. The minimum Gasteiger partial charge on any atom is -0.497 e. The maximum absolute atomic E-state index is 5.68. The first-order valence-corrected chi connectivity index (χ1v) is 12.2. The molecule has 0 amide bonds. The van der Waals surface area contributed by atoms with Crippen LogP contribution >= 0.6 is 0 Å². The van der Waals surface area contributed by atoms with Crippen LogP contribution in [0, 0.1) is 0 Å². The quantitative estimate of drug-likeness (QED) is 0.408. The number of ether oxygens (including phenoxy) is 3. The smallest absolute Gasteiger partial charge is 0.170 e. The largest absolute Gasteiger partial charge is 0.497 e. The first-order valence-electron chi connectivity index (χ1n) is 12.2. The summed E-state index contributed by atoms with van der Waals surface area (Å²) in [5.41, 5.74) is 2.87. The summed E-state index contributed by atoms with van der Waals surface area (Å²) >= 11 is 0. The van der Waals surface area contributed by atoms with Crippen molar-refractivity contribution >= 4 is 5.69 Å². The van der Waals surface area contributed by atoms with Gasteiger partial charge in [-0.05, 0) is 42.9 Å². The fourth-order valence-electron chi connectivity index (χ4n) is 4.48. The van der Waals surface area contributed by atoms with Gasteiger partial charge in [0.25, 0.3) is 0 Å². The fraction of sp³-hybridized carbons (Fsp3) is 0.444. The molecule has 3 aromatic rings. The van der Waals surface area contributed by atoms with E-state index in [1.54, 1.807) is 21.3 Å². The van der Waals surface area contributed by atoms with Gasteiger partial charge >= 0.3 is 0 Å². The van der Waals surface area contributed by atoms with Crippen molar-refractivity contribution in [2.75, 3.05) is 72.0 Å². The second kappa shape index (κ2) is 12.0. The first kappa shape index (κ1) is 24.9. The van der Waals surface area contributed by atoms with Crippen LogP contribution in [0.1, 0.15) is 12.7 Å². The number of para-hydroxylation sites is 1. The van der Waals surface area contributed by atoms with Gasteiger partial charge in [0, 0.05) is 56.6 Å². The van der Waals surface area contributed by atoms with Crippen molar-refractivity contribution < 1.29 is 18.7 Å². The maximum Gasteiger partial charge on any atom is 0.170 e. The van der Waals surface area contributed by atoms with E-state index in [4.69, 9.17) is 18.7 Å². The van der Waals surface area contributed by atoms with Crippen LogP contribution in [0.25, 0.3) is 11.3 Å². The Morgan fingerprint density at radius 1 is 0.943 bits per heavy atom. The van der Waals surface area contributed by atoms with Gasteiger partial charge in [-0.1, -0.05) is 18.1 Å². The molecule has 4 rings (SSSR count). The van der Waals surface area contributed by atoms with Crippen LogP contribution in [0.2, 0.25) is 0 Å². The van der Waals surface area contributed by atoms with E-state index < -0.39 is 0 Å². The summed E-state index contributed by atoms with van der Waals surface area (Å²) in [7, 11) is 4.97.